The zero-order valence-corrected chi connectivity index (χ0v) is 23.6. The summed E-state index contributed by atoms with van der Waals surface area (Å²) >= 11 is 0. The Morgan fingerprint density at radius 2 is 1.64 bits per heavy atom. The van der Waals surface area contributed by atoms with Gasteiger partial charge >= 0.3 is 5.69 Å². The van der Waals surface area contributed by atoms with Gasteiger partial charge in [-0.05, 0) is 41.5 Å². The number of amides is 1. The van der Waals surface area contributed by atoms with E-state index >= 15 is 0 Å². The van der Waals surface area contributed by atoms with E-state index in [4.69, 9.17) is 5.10 Å². The lowest BCUT2D eigenvalue weighted by Crippen LogP contribution is -2.38. The van der Waals surface area contributed by atoms with Gasteiger partial charge < -0.3 is 5.32 Å². The highest BCUT2D eigenvalue weighted by Gasteiger charge is 2.23. The quantitative estimate of drug-likeness (QED) is 0.319. The van der Waals surface area contributed by atoms with Gasteiger partial charge in [0.05, 0.1) is 12.2 Å². The average molecular weight is 528 g/mol. The highest BCUT2D eigenvalue weighted by Crippen LogP contribution is 2.30. The van der Waals surface area contributed by atoms with E-state index in [2.05, 4.69) is 37.4 Å². The van der Waals surface area contributed by atoms with Crippen molar-refractivity contribution in [3.63, 3.8) is 0 Å². The van der Waals surface area contributed by atoms with Crippen LogP contribution in [0, 0.1) is 11.8 Å². The van der Waals surface area contributed by atoms with Crippen LogP contribution in [0.1, 0.15) is 46.6 Å². The molecular formula is C31H37N5O3. The van der Waals surface area contributed by atoms with Crippen LogP contribution < -0.4 is 16.6 Å². The third-order valence-corrected chi connectivity index (χ3v) is 6.55. The van der Waals surface area contributed by atoms with Crippen molar-refractivity contribution < 1.29 is 4.79 Å². The number of hydrogen-bond acceptors (Lipinski definition) is 4. The molecule has 0 aliphatic rings. The van der Waals surface area contributed by atoms with Gasteiger partial charge in [-0.1, -0.05) is 76.2 Å². The van der Waals surface area contributed by atoms with E-state index in [-0.39, 0.29) is 23.1 Å². The largest absolute Gasteiger partial charge is 0.332 e. The fourth-order valence-corrected chi connectivity index (χ4v) is 4.68. The summed E-state index contributed by atoms with van der Waals surface area (Å²) < 4.78 is 4.61. The molecule has 2 heterocycles. The summed E-state index contributed by atoms with van der Waals surface area (Å²) in [6, 6.07) is 17.5. The average Bonchev–Trinajstić information content (AvgIpc) is 3.27. The summed E-state index contributed by atoms with van der Waals surface area (Å²) in [5.74, 6) is 0.497. The number of nitrogens with zero attached hydrogens (tertiary/aromatic N) is 4. The van der Waals surface area contributed by atoms with Crippen LogP contribution in [0.3, 0.4) is 0 Å². The molecule has 0 saturated carbocycles. The number of aromatic nitrogens is 4. The molecule has 0 aliphatic heterocycles. The molecule has 4 rings (SSSR count). The minimum absolute atomic E-state index is 0.160. The van der Waals surface area contributed by atoms with E-state index in [1.165, 1.54) is 18.5 Å². The van der Waals surface area contributed by atoms with Crippen molar-refractivity contribution in [1.82, 2.24) is 18.9 Å². The van der Waals surface area contributed by atoms with Gasteiger partial charge in [-0.3, -0.25) is 23.4 Å². The van der Waals surface area contributed by atoms with Crippen molar-refractivity contribution in [1.29, 1.82) is 0 Å². The molecule has 0 bridgehead atoms. The fourth-order valence-electron chi connectivity index (χ4n) is 4.68. The van der Waals surface area contributed by atoms with Gasteiger partial charge in [0.25, 0.3) is 5.56 Å². The van der Waals surface area contributed by atoms with Gasteiger partial charge in [-0.2, -0.15) is 5.10 Å². The van der Waals surface area contributed by atoms with Crippen molar-refractivity contribution in [2.24, 2.45) is 18.9 Å². The lowest BCUT2D eigenvalue weighted by atomic mass is 10.0. The molecule has 204 valence electrons. The number of hydrogen-bond donors (Lipinski definition) is 1. The van der Waals surface area contributed by atoms with Crippen LogP contribution in [0.4, 0.5) is 5.69 Å². The van der Waals surface area contributed by atoms with E-state index in [1.54, 1.807) is 16.7 Å². The second-order valence-corrected chi connectivity index (χ2v) is 10.8. The Morgan fingerprint density at radius 3 is 2.23 bits per heavy atom. The molecule has 0 unspecified atom stereocenters. The summed E-state index contributed by atoms with van der Waals surface area (Å²) in [6.07, 6.45) is 3.13. The molecule has 4 aromatic rings. The first kappa shape index (κ1) is 27.8. The van der Waals surface area contributed by atoms with Gasteiger partial charge in [0.15, 0.2) is 5.65 Å². The Kier molecular flexibility index (Phi) is 8.33. The molecule has 1 amide bonds. The summed E-state index contributed by atoms with van der Waals surface area (Å²) in [5, 5.41) is 8.11. The van der Waals surface area contributed by atoms with Crippen LogP contribution in [0.5, 0.6) is 0 Å². The lowest BCUT2D eigenvalue weighted by molar-refractivity contribution is -0.114. The van der Waals surface area contributed by atoms with Gasteiger partial charge in [-0.25, -0.2) is 4.79 Å². The Labute approximate surface area is 228 Å². The molecule has 0 atom stereocenters. The highest BCUT2D eigenvalue weighted by atomic mass is 16.2. The first-order valence-electron chi connectivity index (χ1n) is 13.4. The lowest BCUT2D eigenvalue weighted by Gasteiger charge is -2.13. The summed E-state index contributed by atoms with van der Waals surface area (Å²) in [5.41, 5.74) is 3.87. The van der Waals surface area contributed by atoms with Crippen molar-refractivity contribution >= 4 is 28.2 Å². The zero-order chi connectivity index (χ0) is 28.3. The van der Waals surface area contributed by atoms with Crippen LogP contribution in [-0.4, -0.2) is 24.8 Å². The third-order valence-electron chi connectivity index (χ3n) is 6.55. The van der Waals surface area contributed by atoms with Gasteiger partial charge in [0, 0.05) is 31.8 Å². The van der Waals surface area contributed by atoms with Crippen LogP contribution in [0.25, 0.3) is 27.9 Å². The zero-order valence-electron chi connectivity index (χ0n) is 23.6. The topological polar surface area (TPSA) is 90.9 Å². The smallest absolute Gasteiger partial charge is 0.326 e. The Morgan fingerprint density at radius 1 is 0.974 bits per heavy atom. The molecule has 1 N–H and O–H groups in total. The number of nitrogens with one attached hydrogen (secondary N) is 1. The van der Waals surface area contributed by atoms with Crippen LogP contribution >= 0.6 is 0 Å². The normalized spacial score (nSPS) is 12.1. The fraction of sp³-hybridized carbons (Fsp3) is 0.355. The Balaban J connectivity index is 2.00. The Hall–Kier alpha value is -4.20. The van der Waals surface area contributed by atoms with E-state index < -0.39 is 0 Å². The number of rotatable bonds is 9. The third kappa shape index (κ3) is 6.11. The minimum atomic E-state index is -0.380. The predicted molar refractivity (Wildman–Crippen MR) is 158 cm³/mol. The number of allylic oxidation sites excluding steroid dienone is 2. The van der Waals surface area contributed by atoms with Gasteiger partial charge in [0.2, 0.25) is 5.91 Å². The number of carbonyl (C=O) groups excluding carboxylic acids is 1. The van der Waals surface area contributed by atoms with Crippen molar-refractivity contribution in [3.05, 3.63) is 87.1 Å². The molecule has 2 aromatic carbocycles. The summed E-state index contributed by atoms with van der Waals surface area (Å²) in [6.45, 7) is 10.7. The van der Waals surface area contributed by atoms with E-state index in [9.17, 15) is 14.4 Å². The Bertz CT molecular complexity index is 1620. The predicted octanol–water partition coefficient (Wildman–Crippen LogP) is 5.31. The summed E-state index contributed by atoms with van der Waals surface area (Å²) in [4.78, 5) is 38.3. The SMILES string of the molecule is CC(=O)Nc1ccc(-c2c3c(=O)n(C)c(=O)n(CC(C)C)c3nn2CC(=CCC(C)C)c2ccccc2)cc1. The molecule has 0 fully saturated rings. The highest BCUT2D eigenvalue weighted by molar-refractivity contribution is 5.93. The maximum absolute atomic E-state index is 13.6. The monoisotopic (exact) mass is 527 g/mol. The molecule has 0 saturated heterocycles. The van der Waals surface area contributed by atoms with Crippen molar-refractivity contribution in [2.45, 2.75) is 54.1 Å². The summed E-state index contributed by atoms with van der Waals surface area (Å²) in [7, 11) is 1.51. The second-order valence-electron chi connectivity index (χ2n) is 10.8. The van der Waals surface area contributed by atoms with Crippen molar-refractivity contribution in [3.8, 4) is 11.3 Å². The van der Waals surface area contributed by atoms with Gasteiger partial charge in [0.1, 0.15) is 5.39 Å². The number of fused-ring (bicyclic) bond motifs is 1. The van der Waals surface area contributed by atoms with E-state index in [0.717, 1.165) is 23.1 Å². The maximum atomic E-state index is 13.6. The number of carbonyl (C=O) groups is 1. The molecule has 8 nitrogen and oxygen atoms in total. The molecular weight excluding hydrogens is 490 g/mol. The standard InChI is InChI=1S/C31H37N5O3/c1-20(2)12-13-25(23-10-8-7-9-11-23)19-36-28(24-14-16-26(17-15-24)32-22(5)37)27-29(33-36)35(18-21(3)4)31(39)34(6)30(27)38/h7-11,13-17,20-21H,12,18-19H2,1-6H3,(H,32,37). The van der Waals surface area contributed by atoms with Crippen molar-refractivity contribution in [2.75, 3.05) is 5.32 Å². The molecule has 0 aliphatic carbocycles. The number of anilines is 1. The molecule has 2 aromatic heterocycles. The molecule has 0 spiro atoms. The molecule has 8 heteroatoms. The first-order valence-corrected chi connectivity index (χ1v) is 13.4. The van der Waals surface area contributed by atoms with Gasteiger partial charge in [-0.15, -0.1) is 0 Å². The molecule has 39 heavy (non-hydrogen) atoms. The van der Waals surface area contributed by atoms with E-state index in [1.807, 2.05) is 48.9 Å². The van der Waals surface area contributed by atoms with Crippen LogP contribution in [0.2, 0.25) is 0 Å². The van der Waals surface area contributed by atoms with E-state index in [0.29, 0.717) is 41.4 Å². The second kappa shape index (κ2) is 11.7. The first-order chi connectivity index (χ1) is 18.6. The number of benzene rings is 2. The van der Waals surface area contributed by atoms with Crippen LogP contribution in [0.15, 0.2) is 70.3 Å². The molecule has 0 radical (unpaired) electrons. The van der Waals surface area contributed by atoms with Crippen LogP contribution in [-0.2, 0) is 24.9 Å². The minimum Gasteiger partial charge on any atom is -0.326 e. The maximum Gasteiger partial charge on any atom is 0.332 e.